The van der Waals surface area contributed by atoms with E-state index < -0.39 is 0 Å². The van der Waals surface area contributed by atoms with E-state index in [9.17, 15) is 5.11 Å². The van der Waals surface area contributed by atoms with E-state index in [1.807, 2.05) is 13.0 Å². The number of phenols is 1. The van der Waals surface area contributed by atoms with Crippen LogP contribution in [0.25, 0.3) is 0 Å². The highest BCUT2D eigenvalue weighted by molar-refractivity contribution is 5.36. The highest BCUT2D eigenvalue weighted by Gasteiger charge is 2.15. The molecule has 0 heterocycles. The van der Waals surface area contributed by atoms with E-state index >= 15 is 0 Å². The van der Waals surface area contributed by atoms with E-state index in [1.165, 1.54) is 32.1 Å². The maximum atomic E-state index is 9.82. The second-order valence-corrected chi connectivity index (χ2v) is 4.84. The van der Waals surface area contributed by atoms with Crippen LogP contribution in [0.3, 0.4) is 0 Å². The van der Waals surface area contributed by atoms with Crippen LogP contribution in [0.4, 0.5) is 0 Å². The average Bonchev–Trinajstić information content (AvgIpc) is 2.24. The molecule has 1 nitrogen and oxygen atoms in total. The topological polar surface area (TPSA) is 20.2 Å². The third-order valence-corrected chi connectivity index (χ3v) is 3.47. The molecule has 1 fully saturated rings. The van der Waals surface area contributed by atoms with Crippen molar-refractivity contribution in [2.75, 3.05) is 0 Å². The lowest BCUT2D eigenvalue weighted by molar-refractivity contribution is 0.351. The van der Waals surface area contributed by atoms with Crippen molar-refractivity contribution in [3.63, 3.8) is 0 Å². The van der Waals surface area contributed by atoms with Crippen LogP contribution in [0.1, 0.15) is 43.2 Å². The standard InChI is InChI=1S/C14H20O/c1-11-7-8-13(14(15)9-11)10-12-5-3-2-4-6-12/h7-9,12,15H,2-6,10H2,1H3. The Kier molecular flexibility index (Phi) is 3.30. The Morgan fingerprint density at radius 1 is 1.20 bits per heavy atom. The Morgan fingerprint density at radius 2 is 1.93 bits per heavy atom. The van der Waals surface area contributed by atoms with Gasteiger partial charge in [0.15, 0.2) is 0 Å². The maximum absolute atomic E-state index is 9.82. The fourth-order valence-electron chi connectivity index (χ4n) is 2.55. The SMILES string of the molecule is Cc1ccc(CC2CCCCC2)c(O)c1. The van der Waals surface area contributed by atoms with Crippen LogP contribution >= 0.6 is 0 Å². The molecule has 1 aliphatic rings. The lowest BCUT2D eigenvalue weighted by Crippen LogP contribution is -2.09. The van der Waals surface area contributed by atoms with Crippen LogP contribution < -0.4 is 0 Å². The molecule has 0 aromatic heterocycles. The molecule has 82 valence electrons. The smallest absolute Gasteiger partial charge is 0.119 e. The first-order valence-corrected chi connectivity index (χ1v) is 6.04. The molecule has 0 bridgehead atoms. The zero-order valence-corrected chi connectivity index (χ0v) is 9.50. The number of aryl methyl sites for hydroxylation is 1. The summed E-state index contributed by atoms with van der Waals surface area (Å²) in [6.45, 7) is 2.02. The van der Waals surface area contributed by atoms with Crippen molar-refractivity contribution < 1.29 is 5.11 Å². The van der Waals surface area contributed by atoms with Crippen molar-refractivity contribution in [2.24, 2.45) is 5.92 Å². The van der Waals surface area contributed by atoms with Gasteiger partial charge in [-0.2, -0.15) is 0 Å². The molecule has 1 heteroatoms. The molecule has 1 aromatic rings. The van der Waals surface area contributed by atoms with Crippen molar-refractivity contribution in [3.8, 4) is 5.75 Å². The number of phenolic OH excluding ortho intramolecular Hbond substituents is 1. The lowest BCUT2D eigenvalue weighted by Gasteiger charge is -2.21. The lowest BCUT2D eigenvalue weighted by atomic mass is 9.84. The van der Waals surface area contributed by atoms with Gasteiger partial charge in [-0.3, -0.25) is 0 Å². The Balaban J connectivity index is 2.03. The summed E-state index contributed by atoms with van der Waals surface area (Å²) in [5.41, 5.74) is 2.27. The van der Waals surface area contributed by atoms with E-state index in [2.05, 4.69) is 12.1 Å². The highest BCUT2D eigenvalue weighted by Crippen LogP contribution is 2.29. The first kappa shape index (κ1) is 10.5. The summed E-state index contributed by atoms with van der Waals surface area (Å²) in [6, 6.07) is 6.05. The van der Waals surface area contributed by atoms with E-state index in [0.717, 1.165) is 23.5 Å². The molecular formula is C14H20O. The van der Waals surface area contributed by atoms with Crippen LogP contribution in [0, 0.1) is 12.8 Å². The summed E-state index contributed by atoms with van der Waals surface area (Å²) in [4.78, 5) is 0. The third-order valence-electron chi connectivity index (χ3n) is 3.47. The Hall–Kier alpha value is -0.980. The van der Waals surface area contributed by atoms with E-state index in [1.54, 1.807) is 0 Å². The van der Waals surface area contributed by atoms with Crippen molar-refractivity contribution in [2.45, 2.75) is 45.4 Å². The molecule has 0 spiro atoms. The first-order valence-electron chi connectivity index (χ1n) is 6.04. The zero-order chi connectivity index (χ0) is 10.7. The van der Waals surface area contributed by atoms with Gasteiger partial charge in [0.05, 0.1) is 0 Å². The van der Waals surface area contributed by atoms with Crippen molar-refractivity contribution in [1.29, 1.82) is 0 Å². The fraction of sp³-hybridized carbons (Fsp3) is 0.571. The zero-order valence-electron chi connectivity index (χ0n) is 9.50. The van der Waals surface area contributed by atoms with Crippen LogP contribution in [-0.2, 0) is 6.42 Å². The Bertz CT molecular complexity index is 324. The van der Waals surface area contributed by atoms with Gasteiger partial charge < -0.3 is 5.11 Å². The first-order chi connectivity index (χ1) is 7.25. The molecule has 0 radical (unpaired) electrons. The molecule has 0 unspecified atom stereocenters. The summed E-state index contributed by atoms with van der Waals surface area (Å²) < 4.78 is 0. The molecule has 1 N–H and O–H groups in total. The number of rotatable bonds is 2. The van der Waals surface area contributed by atoms with Gasteiger partial charge in [0.2, 0.25) is 0 Å². The number of benzene rings is 1. The van der Waals surface area contributed by atoms with Crippen molar-refractivity contribution >= 4 is 0 Å². The van der Waals surface area contributed by atoms with Crippen LogP contribution in [0.2, 0.25) is 0 Å². The van der Waals surface area contributed by atoms with Crippen molar-refractivity contribution in [1.82, 2.24) is 0 Å². The highest BCUT2D eigenvalue weighted by atomic mass is 16.3. The maximum Gasteiger partial charge on any atom is 0.119 e. The minimum Gasteiger partial charge on any atom is -0.508 e. The molecule has 1 aliphatic carbocycles. The largest absolute Gasteiger partial charge is 0.508 e. The number of hydrogen-bond acceptors (Lipinski definition) is 1. The summed E-state index contributed by atoms with van der Waals surface area (Å²) >= 11 is 0. The van der Waals surface area contributed by atoms with E-state index in [-0.39, 0.29) is 0 Å². The van der Waals surface area contributed by atoms with Gasteiger partial charge in [0.1, 0.15) is 5.75 Å². The van der Waals surface area contributed by atoms with Gasteiger partial charge in [-0.25, -0.2) is 0 Å². The summed E-state index contributed by atoms with van der Waals surface area (Å²) in [5.74, 6) is 1.29. The molecule has 1 aromatic carbocycles. The second kappa shape index (κ2) is 4.69. The van der Waals surface area contributed by atoms with Crippen LogP contribution in [0.5, 0.6) is 5.75 Å². The number of aromatic hydroxyl groups is 1. The Morgan fingerprint density at radius 3 is 2.60 bits per heavy atom. The van der Waals surface area contributed by atoms with Gasteiger partial charge >= 0.3 is 0 Å². The minimum absolute atomic E-state index is 0.487. The molecule has 1 saturated carbocycles. The number of hydrogen-bond donors (Lipinski definition) is 1. The van der Waals surface area contributed by atoms with Crippen molar-refractivity contribution in [3.05, 3.63) is 29.3 Å². The molecule has 15 heavy (non-hydrogen) atoms. The molecule has 0 amide bonds. The minimum atomic E-state index is 0.487. The predicted octanol–water partition coefficient (Wildman–Crippen LogP) is 3.82. The van der Waals surface area contributed by atoms with Gasteiger partial charge in [-0.05, 0) is 36.5 Å². The second-order valence-electron chi connectivity index (χ2n) is 4.84. The molecule has 0 aliphatic heterocycles. The monoisotopic (exact) mass is 204 g/mol. The predicted molar refractivity (Wildman–Crippen MR) is 63.1 cm³/mol. The fourth-order valence-corrected chi connectivity index (χ4v) is 2.55. The molecule has 0 saturated heterocycles. The van der Waals surface area contributed by atoms with Gasteiger partial charge in [0.25, 0.3) is 0 Å². The van der Waals surface area contributed by atoms with Crippen LogP contribution in [0.15, 0.2) is 18.2 Å². The summed E-state index contributed by atoms with van der Waals surface area (Å²) in [6.07, 6.45) is 7.89. The molecule has 2 rings (SSSR count). The van der Waals surface area contributed by atoms with E-state index in [4.69, 9.17) is 0 Å². The third kappa shape index (κ3) is 2.74. The van der Waals surface area contributed by atoms with Gasteiger partial charge in [0, 0.05) is 0 Å². The summed E-state index contributed by atoms with van der Waals surface area (Å²) in [7, 11) is 0. The normalized spacial score (nSPS) is 17.9. The summed E-state index contributed by atoms with van der Waals surface area (Å²) in [5, 5.41) is 9.82. The van der Waals surface area contributed by atoms with Crippen LogP contribution in [-0.4, -0.2) is 5.11 Å². The van der Waals surface area contributed by atoms with Gasteiger partial charge in [-0.1, -0.05) is 44.2 Å². The molecular weight excluding hydrogens is 184 g/mol. The molecule has 0 atom stereocenters. The Labute approximate surface area is 92.1 Å². The average molecular weight is 204 g/mol. The van der Waals surface area contributed by atoms with E-state index in [0.29, 0.717) is 5.75 Å². The quantitative estimate of drug-likeness (QED) is 0.776. The van der Waals surface area contributed by atoms with Gasteiger partial charge in [-0.15, -0.1) is 0 Å².